The van der Waals surface area contributed by atoms with E-state index in [0.717, 1.165) is 21.7 Å². The molecule has 26 heavy (non-hydrogen) atoms. The number of carbonyl (C=O) groups excluding carboxylic acids is 1. The van der Waals surface area contributed by atoms with Gasteiger partial charge in [0, 0.05) is 23.3 Å². The third-order valence-corrected chi connectivity index (χ3v) is 5.18. The van der Waals surface area contributed by atoms with Gasteiger partial charge < -0.3 is 10.1 Å². The molecular weight excluding hydrogens is 342 g/mol. The van der Waals surface area contributed by atoms with Crippen LogP contribution in [0.2, 0.25) is 0 Å². The van der Waals surface area contributed by atoms with Crippen LogP contribution in [-0.4, -0.2) is 13.0 Å². The third-order valence-electron chi connectivity index (χ3n) is 3.91. The Morgan fingerprint density at radius 2 is 1.54 bits per heavy atom. The molecule has 3 aromatic carbocycles. The average Bonchev–Trinajstić information content (AvgIpc) is 2.69. The quantitative estimate of drug-likeness (QED) is 0.579. The number of para-hydroxylation sites is 1. The summed E-state index contributed by atoms with van der Waals surface area (Å²) in [6.07, 6.45) is 0. The van der Waals surface area contributed by atoms with Crippen molar-refractivity contribution in [3.63, 3.8) is 0 Å². The molecule has 3 nitrogen and oxygen atoms in total. The molecule has 0 aliphatic rings. The van der Waals surface area contributed by atoms with Crippen molar-refractivity contribution in [2.24, 2.45) is 0 Å². The summed E-state index contributed by atoms with van der Waals surface area (Å²) < 4.78 is 5.23. The van der Waals surface area contributed by atoms with E-state index < -0.39 is 0 Å². The van der Waals surface area contributed by atoms with E-state index in [0.29, 0.717) is 6.61 Å². The summed E-state index contributed by atoms with van der Waals surface area (Å²) in [6, 6.07) is 27.5. The van der Waals surface area contributed by atoms with E-state index in [-0.39, 0.29) is 11.2 Å². The van der Waals surface area contributed by atoms with E-state index in [1.165, 1.54) is 0 Å². The number of ether oxygens (including phenoxy) is 1. The summed E-state index contributed by atoms with van der Waals surface area (Å²) in [4.78, 5) is 14.2. The predicted molar refractivity (Wildman–Crippen MR) is 107 cm³/mol. The molecule has 0 aromatic heterocycles. The van der Waals surface area contributed by atoms with Gasteiger partial charge in [-0.3, -0.25) is 4.79 Å². The number of thioether (sulfide) groups is 1. The fourth-order valence-electron chi connectivity index (χ4n) is 2.66. The standard InChI is InChI=1S/C22H21NO2S/c1-25-16-18-12-8-9-15-20(18)23-22(24)21(17-10-4-2-5-11-17)26-19-13-6-3-7-14-19/h2-15,21H,16H2,1H3,(H,23,24). The van der Waals surface area contributed by atoms with Crippen LogP contribution in [0.25, 0.3) is 0 Å². The first kappa shape index (κ1) is 18.2. The minimum absolute atomic E-state index is 0.0476. The first-order valence-corrected chi connectivity index (χ1v) is 9.30. The van der Waals surface area contributed by atoms with Gasteiger partial charge >= 0.3 is 0 Å². The average molecular weight is 363 g/mol. The highest BCUT2D eigenvalue weighted by Gasteiger charge is 2.22. The summed E-state index contributed by atoms with van der Waals surface area (Å²) in [5.41, 5.74) is 2.72. The number of benzene rings is 3. The Kier molecular flexibility index (Phi) is 6.47. The number of hydrogen-bond donors (Lipinski definition) is 1. The molecule has 1 N–H and O–H groups in total. The van der Waals surface area contributed by atoms with Crippen LogP contribution in [0, 0.1) is 0 Å². The van der Waals surface area contributed by atoms with Crippen LogP contribution in [0.3, 0.4) is 0 Å². The first-order valence-electron chi connectivity index (χ1n) is 8.42. The summed E-state index contributed by atoms with van der Waals surface area (Å²) in [6.45, 7) is 0.457. The monoisotopic (exact) mass is 363 g/mol. The maximum Gasteiger partial charge on any atom is 0.242 e. The van der Waals surface area contributed by atoms with Crippen molar-refractivity contribution >= 4 is 23.4 Å². The Morgan fingerprint density at radius 1 is 0.923 bits per heavy atom. The molecule has 132 valence electrons. The lowest BCUT2D eigenvalue weighted by Crippen LogP contribution is -2.20. The van der Waals surface area contributed by atoms with Crippen LogP contribution in [0.4, 0.5) is 5.69 Å². The number of rotatable bonds is 7. The Bertz CT molecular complexity index is 837. The SMILES string of the molecule is COCc1ccccc1NC(=O)C(Sc1ccccc1)c1ccccc1. The van der Waals surface area contributed by atoms with Crippen molar-refractivity contribution in [1.82, 2.24) is 0 Å². The second-order valence-corrected chi connectivity index (χ2v) is 6.98. The topological polar surface area (TPSA) is 38.3 Å². The summed E-state index contributed by atoms with van der Waals surface area (Å²) in [7, 11) is 1.65. The minimum Gasteiger partial charge on any atom is -0.380 e. The largest absolute Gasteiger partial charge is 0.380 e. The lowest BCUT2D eigenvalue weighted by atomic mass is 10.1. The van der Waals surface area contributed by atoms with E-state index in [4.69, 9.17) is 4.74 Å². The zero-order valence-electron chi connectivity index (χ0n) is 14.6. The van der Waals surface area contributed by atoms with Crippen LogP contribution < -0.4 is 5.32 Å². The van der Waals surface area contributed by atoms with Gasteiger partial charge in [0.25, 0.3) is 0 Å². The Morgan fingerprint density at radius 3 is 2.23 bits per heavy atom. The maximum atomic E-state index is 13.1. The van der Waals surface area contributed by atoms with E-state index in [1.54, 1.807) is 18.9 Å². The molecule has 3 rings (SSSR count). The maximum absolute atomic E-state index is 13.1. The van der Waals surface area contributed by atoms with Gasteiger partial charge in [0.15, 0.2) is 0 Å². The molecule has 0 saturated heterocycles. The van der Waals surface area contributed by atoms with E-state index in [2.05, 4.69) is 5.32 Å². The second-order valence-electron chi connectivity index (χ2n) is 5.80. The van der Waals surface area contributed by atoms with Gasteiger partial charge in [-0.05, 0) is 23.8 Å². The molecule has 0 spiro atoms. The minimum atomic E-state index is -0.339. The molecule has 0 bridgehead atoms. The van der Waals surface area contributed by atoms with Gasteiger partial charge in [-0.15, -0.1) is 11.8 Å². The van der Waals surface area contributed by atoms with Crippen molar-refractivity contribution in [3.05, 3.63) is 96.1 Å². The van der Waals surface area contributed by atoms with Crippen LogP contribution in [0.1, 0.15) is 16.4 Å². The number of nitrogens with one attached hydrogen (secondary N) is 1. The van der Waals surface area contributed by atoms with Gasteiger partial charge in [0.1, 0.15) is 5.25 Å². The molecule has 0 radical (unpaired) electrons. The van der Waals surface area contributed by atoms with Crippen LogP contribution in [0.5, 0.6) is 0 Å². The molecular formula is C22H21NO2S. The molecule has 0 heterocycles. The second kappa shape index (κ2) is 9.22. The normalized spacial score (nSPS) is 11.7. The van der Waals surface area contributed by atoms with E-state index >= 15 is 0 Å². The molecule has 0 saturated carbocycles. The fraction of sp³-hybridized carbons (Fsp3) is 0.136. The number of carbonyl (C=O) groups is 1. The van der Waals surface area contributed by atoms with Gasteiger partial charge in [0.05, 0.1) is 6.61 Å². The lowest BCUT2D eigenvalue weighted by Gasteiger charge is -2.18. The number of hydrogen-bond acceptors (Lipinski definition) is 3. The van der Waals surface area contributed by atoms with Crippen molar-refractivity contribution in [3.8, 4) is 0 Å². The molecule has 1 atom stereocenters. The highest BCUT2D eigenvalue weighted by atomic mass is 32.2. The van der Waals surface area contributed by atoms with Crippen LogP contribution in [0.15, 0.2) is 89.8 Å². The van der Waals surface area contributed by atoms with Gasteiger partial charge in [0.2, 0.25) is 5.91 Å². The predicted octanol–water partition coefficient (Wildman–Crippen LogP) is 5.31. The molecule has 3 aromatic rings. The van der Waals surface area contributed by atoms with Crippen molar-refractivity contribution in [2.75, 3.05) is 12.4 Å². The van der Waals surface area contributed by atoms with E-state index in [9.17, 15) is 4.79 Å². The van der Waals surface area contributed by atoms with Gasteiger partial charge in [-0.25, -0.2) is 0 Å². The summed E-state index contributed by atoms with van der Waals surface area (Å²) in [5.74, 6) is -0.0476. The molecule has 0 aliphatic heterocycles. The van der Waals surface area contributed by atoms with Gasteiger partial charge in [-0.2, -0.15) is 0 Å². The van der Waals surface area contributed by atoms with E-state index in [1.807, 2.05) is 84.9 Å². The zero-order valence-corrected chi connectivity index (χ0v) is 15.4. The molecule has 1 amide bonds. The number of anilines is 1. The third kappa shape index (κ3) is 4.75. The van der Waals surface area contributed by atoms with Crippen molar-refractivity contribution < 1.29 is 9.53 Å². The first-order chi connectivity index (χ1) is 12.8. The van der Waals surface area contributed by atoms with Crippen molar-refractivity contribution in [1.29, 1.82) is 0 Å². The molecule has 1 unspecified atom stereocenters. The zero-order chi connectivity index (χ0) is 18.2. The molecule has 0 fully saturated rings. The highest BCUT2D eigenvalue weighted by molar-refractivity contribution is 8.00. The van der Waals surface area contributed by atoms with Crippen LogP contribution >= 0.6 is 11.8 Å². The number of methoxy groups -OCH3 is 1. The summed E-state index contributed by atoms with van der Waals surface area (Å²) >= 11 is 1.55. The van der Waals surface area contributed by atoms with Crippen LogP contribution in [-0.2, 0) is 16.1 Å². The van der Waals surface area contributed by atoms with Crippen molar-refractivity contribution in [2.45, 2.75) is 16.8 Å². The lowest BCUT2D eigenvalue weighted by molar-refractivity contribution is -0.115. The summed E-state index contributed by atoms with van der Waals surface area (Å²) in [5, 5.41) is 2.74. The smallest absolute Gasteiger partial charge is 0.242 e. The fourth-order valence-corrected chi connectivity index (χ4v) is 3.70. The molecule has 0 aliphatic carbocycles. The van der Waals surface area contributed by atoms with Gasteiger partial charge in [-0.1, -0.05) is 66.7 Å². The number of amides is 1. The Hall–Kier alpha value is -2.56. The Balaban J connectivity index is 1.86. The molecule has 4 heteroatoms. The highest BCUT2D eigenvalue weighted by Crippen LogP contribution is 2.36. The Labute approximate surface area is 158 Å².